The van der Waals surface area contributed by atoms with Gasteiger partial charge in [0.2, 0.25) is 0 Å². The molecule has 160 valence electrons. The van der Waals surface area contributed by atoms with Crippen molar-refractivity contribution in [3.63, 3.8) is 0 Å². The van der Waals surface area contributed by atoms with Gasteiger partial charge in [-0.05, 0) is 65.6 Å². The summed E-state index contributed by atoms with van der Waals surface area (Å²) in [6.07, 6.45) is 10.4. The minimum Gasteiger partial charge on any atom is -0.372 e. The van der Waals surface area contributed by atoms with Crippen LogP contribution in [0.1, 0.15) is 82.5 Å². The molecular weight excluding hydrogens is 366 g/mol. The topological polar surface area (TPSA) is 20.3 Å². The van der Waals surface area contributed by atoms with Crippen molar-refractivity contribution in [2.24, 2.45) is 0 Å². The Hall–Kier alpha value is -2.35. The van der Waals surface area contributed by atoms with Crippen molar-refractivity contribution in [2.75, 3.05) is 18.0 Å². The van der Waals surface area contributed by atoms with Gasteiger partial charge >= 0.3 is 0 Å². The second-order valence-electron chi connectivity index (χ2n) is 8.57. The van der Waals surface area contributed by atoms with Gasteiger partial charge in [0.15, 0.2) is 5.78 Å². The SMILES string of the molecule is CCCCCCN(CCCCCC)c1ccc2cc3c(C(C)=O)cccc3cc2c1. The van der Waals surface area contributed by atoms with Gasteiger partial charge < -0.3 is 4.90 Å². The van der Waals surface area contributed by atoms with Crippen molar-refractivity contribution in [1.82, 2.24) is 0 Å². The number of rotatable bonds is 12. The number of unbranched alkanes of at least 4 members (excludes halogenated alkanes) is 6. The van der Waals surface area contributed by atoms with Gasteiger partial charge in [0.1, 0.15) is 0 Å². The lowest BCUT2D eigenvalue weighted by Crippen LogP contribution is -2.25. The predicted molar refractivity (Wildman–Crippen MR) is 132 cm³/mol. The first-order chi connectivity index (χ1) is 14.6. The molecule has 0 aliphatic carbocycles. The van der Waals surface area contributed by atoms with Gasteiger partial charge in [0.05, 0.1) is 0 Å². The van der Waals surface area contributed by atoms with Crippen LogP contribution >= 0.6 is 0 Å². The minimum absolute atomic E-state index is 0.127. The molecule has 0 radical (unpaired) electrons. The van der Waals surface area contributed by atoms with Crippen LogP contribution in [0.15, 0.2) is 48.5 Å². The number of hydrogen-bond donors (Lipinski definition) is 0. The van der Waals surface area contributed by atoms with Crippen molar-refractivity contribution in [1.29, 1.82) is 0 Å². The van der Waals surface area contributed by atoms with Gasteiger partial charge in [0.25, 0.3) is 0 Å². The fourth-order valence-corrected chi connectivity index (χ4v) is 4.34. The van der Waals surface area contributed by atoms with Gasteiger partial charge in [-0.1, -0.05) is 76.6 Å². The van der Waals surface area contributed by atoms with Gasteiger partial charge in [0, 0.05) is 24.3 Å². The molecule has 0 N–H and O–H groups in total. The predicted octanol–water partition coefficient (Wildman–Crippen LogP) is 8.16. The Labute approximate surface area is 182 Å². The number of fused-ring (bicyclic) bond motifs is 2. The van der Waals surface area contributed by atoms with Crippen LogP contribution < -0.4 is 4.90 Å². The second kappa shape index (κ2) is 11.2. The fourth-order valence-electron chi connectivity index (χ4n) is 4.34. The lowest BCUT2D eigenvalue weighted by atomic mass is 9.97. The Balaban J connectivity index is 1.88. The summed E-state index contributed by atoms with van der Waals surface area (Å²) in [5.74, 6) is 0.127. The molecule has 0 atom stereocenters. The molecule has 0 heterocycles. The van der Waals surface area contributed by atoms with Crippen molar-refractivity contribution < 1.29 is 4.79 Å². The zero-order valence-electron chi connectivity index (χ0n) is 19.0. The van der Waals surface area contributed by atoms with E-state index in [0.717, 1.165) is 29.4 Å². The number of anilines is 1. The number of carbonyl (C=O) groups is 1. The standard InChI is InChI=1S/C28H37NO/c1-4-6-8-10-17-29(18-11-9-7-5-2)26-16-15-23-21-28-24(19-25(23)20-26)13-12-14-27(28)22(3)30/h12-16,19-21H,4-11,17-18H2,1-3H3. The molecule has 0 amide bonds. The largest absolute Gasteiger partial charge is 0.372 e. The molecular formula is C28H37NO. The Morgan fingerprint density at radius 1 is 0.733 bits per heavy atom. The zero-order valence-corrected chi connectivity index (χ0v) is 19.0. The number of benzene rings is 3. The van der Waals surface area contributed by atoms with E-state index < -0.39 is 0 Å². The third-order valence-corrected chi connectivity index (χ3v) is 6.13. The van der Waals surface area contributed by atoms with E-state index in [1.165, 1.54) is 67.8 Å². The second-order valence-corrected chi connectivity index (χ2v) is 8.57. The number of ketones is 1. The highest BCUT2D eigenvalue weighted by atomic mass is 16.1. The highest BCUT2D eigenvalue weighted by molar-refractivity contribution is 6.10. The highest BCUT2D eigenvalue weighted by Gasteiger charge is 2.10. The minimum atomic E-state index is 0.127. The lowest BCUT2D eigenvalue weighted by molar-refractivity contribution is 0.101. The number of carbonyl (C=O) groups excluding carboxylic acids is 1. The van der Waals surface area contributed by atoms with Gasteiger partial charge in [-0.2, -0.15) is 0 Å². The maximum atomic E-state index is 12.0. The maximum absolute atomic E-state index is 12.0. The molecule has 30 heavy (non-hydrogen) atoms. The first-order valence-corrected chi connectivity index (χ1v) is 11.9. The van der Waals surface area contributed by atoms with Gasteiger partial charge in [-0.3, -0.25) is 4.79 Å². The molecule has 0 bridgehead atoms. The summed E-state index contributed by atoms with van der Waals surface area (Å²) in [7, 11) is 0. The average molecular weight is 404 g/mol. The van der Waals surface area contributed by atoms with E-state index in [-0.39, 0.29) is 5.78 Å². The first kappa shape index (κ1) is 22.3. The fraction of sp³-hybridized carbons (Fsp3) is 0.464. The molecule has 2 nitrogen and oxygen atoms in total. The van der Waals surface area contributed by atoms with E-state index >= 15 is 0 Å². The molecule has 0 saturated heterocycles. The Morgan fingerprint density at radius 2 is 1.43 bits per heavy atom. The summed E-state index contributed by atoms with van der Waals surface area (Å²) >= 11 is 0. The van der Waals surface area contributed by atoms with E-state index in [1.54, 1.807) is 6.92 Å². The van der Waals surface area contributed by atoms with Crippen molar-refractivity contribution in [3.05, 3.63) is 54.1 Å². The Bertz CT molecular complexity index is 963. The molecule has 0 spiro atoms. The Morgan fingerprint density at radius 3 is 2.07 bits per heavy atom. The molecule has 3 aromatic rings. The molecule has 3 aromatic carbocycles. The quantitative estimate of drug-likeness (QED) is 0.173. The zero-order chi connectivity index (χ0) is 21.3. The lowest BCUT2D eigenvalue weighted by Gasteiger charge is -2.25. The normalized spacial score (nSPS) is 11.3. The van der Waals surface area contributed by atoms with Crippen LogP contribution in [0.2, 0.25) is 0 Å². The molecule has 2 heteroatoms. The summed E-state index contributed by atoms with van der Waals surface area (Å²) in [4.78, 5) is 14.6. The van der Waals surface area contributed by atoms with Crippen LogP contribution in [-0.4, -0.2) is 18.9 Å². The molecule has 0 aliphatic rings. The summed E-state index contributed by atoms with van der Waals surface area (Å²) < 4.78 is 0. The first-order valence-electron chi connectivity index (χ1n) is 11.9. The van der Waals surface area contributed by atoms with E-state index in [2.05, 4.69) is 55.1 Å². The van der Waals surface area contributed by atoms with Crippen molar-refractivity contribution in [2.45, 2.75) is 72.1 Å². The van der Waals surface area contributed by atoms with Crippen LogP contribution in [0.5, 0.6) is 0 Å². The van der Waals surface area contributed by atoms with Gasteiger partial charge in [-0.15, -0.1) is 0 Å². The molecule has 3 rings (SSSR count). The molecule has 0 aliphatic heterocycles. The third kappa shape index (κ3) is 5.62. The smallest absolute Gasteiger partial charge is 0.160 e. The summed E-state index contributed by atoms with van der Waals surface area (Å²) in [5, 5.41) is 4.66. The summed E-state index contributed by atoms with van der Waals surface area (Å²) in [6, 6.07) is 17.3. The van der Waals surface area contributed by atoms with E-state index in [0.29, 0.717) is 0 Å². The van der Waals surface area contributed by atoms with E-state index in [4.69, 9.17) is 0 Å². The highest BCUT2D eigenvalue weighted by Crippen LogP contribution is 2.29. The van der Waals surface area contributed by atoms with Crippen LogP contribution in [0, 0.1) is 0 Å². The van der Waals surface area contributed by atoms with Gasteiger partial charge in [-0.25, -0.2) is 0 Å². The van der Waals surface area contributed by atoms with Crippen LogP contribution in [0.4, 0.5) is 5.69 Å². The molecule has 0 fully saturated rings. The number of hydrogen-bond acceptors (Lipinski definition) is 2. The van der Waals surface area contributed by atoms with Crippen LogP contribution in [0.3, 0.4) is 0 Å². The van der Waals surface area contributed by atoms with Crippen LogP contribution in [-0.2, 0) is 0 Å². The number of nitrogens with zero attached hydrogens (tertiary/aromatic N) is 1. The number of Topliss-reactive ketones (excluding diaryl/α,β-unsaturated/α-hetero) is 1. The average Bonchev–Trinajstić information content (AvgIpc) is 2.75. The van der Waals surface area contributed by atoms with Crippen molar-refractivity contribution in [3.8, 4) is 0 Å². The Kier molecular flexibility index (Phi) is 8.30. The van der Waals surface area contributed by atoms with E-state index in [9.17, 15) is 4.79 Å². The third-order valence-electron chi connectivity index (χ3n) is 6.13. The van der Waals surface area contributed by atoms with Crippen LogP contribution in [0.25, 0.3) is 21.5 Å². The summed E-state index contributed by atoms with van der Waals surface area (Å²) in [5.41, 5.74) is 2.14. The van der Waals surface area contributed by atoms with E-state index in [1.807, 2.05) is 12.1 Å². The molecule has 0 aromatic heterocycles. The summed E-state index contributed by atoms with van der Waals surface area (Å²) in [6.45, 7) is 8.47. The molecule has 0 unspecified atom stereocenters. The van der Waals surface area contributed by atoms with Crippen molar-refractivity contribution >= 4 is 33.0 Å². The monoisotopic (exact) mass is 403 g/mol. The molecule has 0 saturated carbocycles. The maximum Gasteiger partial charge on any atom is 0.160 e.